The van der Waals surface area contributed by atoms with Crippen LogP contribution in [0.3, 0.4) is 0 Å². The maximum Gasteiger partial charge on any atom is 0.271 e. The highest BCUT2D eigenvalue weighted by Gasteiger charge is 2.29. The van der Waals surface area contributed by atoms with E-state index in [9.17, 15) is 19.7 Å². The number of hydrogen-bond donors (Lipinski definition) is 2. The summed E-state index contributed by atoms with van der Waals surface area (Å²) in [6, 6.07) is 12.3. The second-order valence-corrected chi connectivity index (χ2v) is 5.61. The highest BCUT2D eigenvalue weighted by Crippen LogP contribution is 2.30. The molecule has 24 heavy (non-hydrogen) atoms. The lowest BCUT2D eigenvalue weighted by Gasteiger charge is -2.08. The summed E-state index contributed by atoms with van der Waals surface area (Å²) in [4.78, 5) is 34.3. The van der Waals surface area contributed by atoms with Gasteiger partial charge in [0.25, 0.3) is 11.6 Å². The minimum absolute atomic E-state index is 0.0359. The Balaban J connectivity index is 1.71. The van der Waals surface area contributed by atoms with E-state index in [0.717, 1.165) is 12.8 Å². The summed E-state index contributed by atoms with van der Waals surface area (Å²) in [5, 5.41) is 16.2. The van der Waals surface area contributed by atoms with Crippen molar-refractivity contribution in [2.24, 2.45) is 5.92 Å². The van der Waals surface area contributed by atoms with Crippen molar-refractivity contribution in [1.82, 2.24) is 0 Å². The number of anilines is 2. The van der Waals surface area contributed by atoms with E-state index in [4.69, 9.17) is 0 Å². The standard InChI is InChI=1S/C17H15N3O4/c21-16(11-7-8-11)18-13-4-1-3-12(9-13)17(22)19-14-5-2-6-15(10-14)20(23)24/h1-6,9-11H,7-8H2,(H,18,21)(H,19,22). The van der Waals surface area contributed by atoms with Gasteiger partial charge in [0.15, 0.2) is 0 Å². The van der Waals surface area contributed by atoms with E-state index in [1.165, 1.54) is 18.2 Å². The van der Waals surface area contributed by atoms with Gasteiger partial charge in [0, 0.05) is 35.0 Å². The molecule has 122 valence electrons. The molecule has 0 saturated heterocycles. The summed E-state index contributed by atoms with van der Waals surface area (Å²) in [7, 11) is 0. The van der Waals surface area contributed by atoms with E-state index in [1.54, 1.807) is 30.3 Å². The van der Waals surface area contributed by atoms with Crippen LogP contribution in [0.25, 0.3) is 0 Å². The minimum atomic E-state index is -0.524. The van der Waals surface area contributed by atoms with Crippen molar-refractivity contribution in [2.45, 2.75) is 12.8 Å². The maximum absolute atomic E-state index is 12.3. The Labute approximate surface area is 137 Å². The molecule has 7 nitrogen and oxygen atoms in total. The number of nitro benzene ring substituents is 1. The van der Waals surface area contributed by atoms with Gasteiger partial charge in [-0.05, 0) is 37.1 Å². The van der Waals surface area contributed by atoms with E-state index < -0.39 is 10.8 Å². The zero-order valence-electron chi connectivity index (χ0n) is 12.7. The molecule has 2 amide bonds. The predicted molar refractivity (Wildman–Crippen MR) is 88.8 cm³/mol. The van der Waals surface area contributed by atoms with Crippen molar-refractivity contribution in [3.05, 3.63) is 64.2 Å². The lowest BCUT2D eigenvalue weighted by Crippen LogP contribution is -2.15. The van der Waals surface area contributed by atoms with Crippen molar-refractivity contribution in [3.63, 3.8) is 0 Å². The Hall–Kier alpha value is -3.22. The highest BCUT2D eigenvalue weighted by molar-refractivity contribution is 6.05. The summed E-state index contributed by atoms with van der Waals surface area (Å²) in [5.41, 5.74) is 1.15. The maximum atomic E-state index is 12.3. The van der Waals surface area contributed by atoms with Crippen LogP contribution in [-0.4, -0.2) is 16.7 Å². The first-order valence-electron chi connectivity index (χ1n) is 7.49. The number of nitro groups is 1. The number of amides is 2. The number of carbonyl (C=O) groups is 2. The van der Waals surface area contributed by atoms with Gasteiger partial charge < -0.3 is 10.6 Å². The summed E-state index contributed by atoms with van der Waals surface area (Å²) >= 11 is 0. The van der Waals surface area contributed by atoms with Crippen LogP contribution < -0.4 is 10.6 Å². The minimum Gasteiger partial charge on any atom is -0.326 e. The average Bonchev–Trinajstić information content (AvgIpc) is 3.40. The molecule has 2 N–H and O–H groups in total. The first kappa shape index (κ1) is 15.7. The first-order valence-corrected chi connectivity index (χ1v) is 7.49. The second kappa shape index (κ2) is 6.49. The molecule has 1 fully saturated rings. The molecule has 1 saturated carbocycles. The lowest BCUT2D eigenvalue weighted by atomic mass is 10.1. The van der Waals surface area contributed by atoms with Gasteiger partial charge in [-0.25, -0.2) is 0 Å². The van der Waals surface area contributed by atoms with Crippen LogP contribution >= 0.6 is 0 Å². The van der Waals surface area contributed by atoms with Gasteiger partial charge in [-0.15, -0.1) is 0 Å². The van der Waals surface area contributed by atoms with Crippen LogP contribution in [0.1, 0.15) is 23.2 Å². The largest absolute Gasteiger partial charge is 0.326 e. The number of non-ortho nitro benzene ring substituents is 1. The number of benzene rings is 2. The number of carbonyl (C=O) groups excluding carboxylic acids is 2. The van der Waals surface area contributed by atoms with Gasteiger partial charge in [-0.3, -0.25) is 19.7 Å². The van der Waals surface area contributed by atoms with Crippen LogP contribution in [0.2, 0.25) is 0 Å². The van der Waals surface area contributed by atoms with E-state index in [0.29, 0.717) is 16.9 Å². The quantitative estimate of drug-likeness (QED) is 0.651. The van der Waals surface area contributed by atoms with Crippen LogP contribution in [0, 0.1) is 16.0 Å². The fourth-order valence-corrected chi connectivity index (χ4v) is 2.23. The average molecular weight is 325 g/mol. The summed E-state index contributed by atoms with van der Waals surface area (Å²) in [5.74, 6) is -0.364. The topological polar surface area (TPSA) is 101 Å². The van der Waals surface area contributed by atoms with Gasteiger partial charge in [0.2, 0.25) is 5.91 Å². The number of rotatable bonds is 5. The van der Waals surface area contributed by atoms with Crippen molar-refractivity contribution in [2.75, 3.05) is 10.6 Å². The number of hydrogen-bond acceptors (Lipinski definition) is 4. The van der Waals surface area contributed by atoms with Gasteiger partial charge in [0.1, 0.15) is 0 Å². The Morgan fingerprint density at radius 2 is 1.67 bits per heavy atom. The molecule has 0 aliphatic heterocycles. The van der Waals surface area contributed by atoms with Crippen molar-refractivity contribution in [1.29, 1.82) is 0 Å². The Kier molecular flexibility index (Phi) is 4.24. The fourth-order valence-electron chi connectivity index (χ4n) is 2.23. The molecular formula is C17H15N3O4. The molecule has 2 aromatic rings. The SMILES string of the molecule is O=C(Nc1cccc([N+](=O)[O-])c1)c1cccc(NC(=O)C2CC2)c1. The molecule has 0 bridgehead atoms. The second-order valence-electron chi connectivity index (χ2n) is 5.61. The van der Waals surface area contributed by atoms with E-state index in [1.807, 2.05) is 0 Å². The molecular weight excluding hydrogens is 310 g/mol. The molecule has 0 spiro atoms. The van der Waals surface area contributed by atoms with Crippen LogP contribution in [-0.2, 0) is 4.79 Å². The molecule has 3 rings (SSSR count). The van der Waals surface area contributed by atoms with Gasteiger partial charge >= 0.3 is 0 Å². The van der Waals surface area contributed by atoms with Crippen LogP contribution in [0.15, 0.2) is 48.5 Å². The predicted octanol–water partition coefficient (Wildman–Crippen LogP) is 3.20. The van der Waals surface area contributed by atoms with Gasteiger partial charge in [-0.1, -0.05) is 12.1 Å². The van der Waals surface area contributed by atoms with E-state index in [-0.39, 0.29) is 17.5 Å². The highest BCUT2D eigenvalue weighted by atomic mass is 16.6. The smallest absolute Gasteiger partial charge is 0.271 e. The van der Waals surface area contributed by atoms with Crippen molar-refractivity contribution >= 4 is 28.9 Å². The van der Waals surface area contributed by atoms with Crippen molar-refractivity contribution in [3.8, 4) is 0 Å². The fraction of sp³-hybridized carbons (Fsp3) is 0.176. The third-order valence-corrected chi connectivity index (χ3v) is 3.66. The Morgan fingerprint density at radius 3 is 2.33 bits per heavy atom. The number of nitrogens with one attached hydrogen (secondary N) is 2. The normalized spacial score (nSPS) is 13.2. The van der Waals surface area contributed by atoms with Crippen molar-refractivity contribution < 1.29 is 14.5 Å². The molecule has 0 radical (unpaired) electrons. The zero-order chi connectivity index (χ0) is 17.1. The molecule has 0 unspecified atom stereocenters. The van der Waals surface area contributed by atoms with E-state index in [2.05, 4.69) is 10.6 Å². The monoisotopic (exact) mass is 325 g/mol. The molecule has 7 heteroatoms. The molecule has 1 aliphatic rings. The van der Waals surface area contributed by atoms with Gasteiger partial charge in [-0.2, -0.15) is 0 Å². The Bertz CT molecular complexity index is 815. The Morgan fingerprint density at radius 1 is 1.00 bits per heavy atom. The third kappa shape index (κ3) is 3.75. The molecule has 0 heterocycles. The molecule has 0 aromatic heterocycles. The summed E-state index contributed by atoms with van der Waals surface area (Å²) in [6.45, 7) is 0. The summed E-state index contributed by atoms with van der Waals surface area (Å²) < 4.78 is 0. The molecule has 2 aromatic carbocycles. The lowest BCUT2D eigenvalue weighted by molar-refractivity contribution is -0.384. The molecule has 1 aliphatic carbocycles. The van der Waals surface area contributed by atoms with E-state index >= 15 is 0 Å². The van der Waals surface area contributed by atoms with Gasteiger partial charge in [0.05, 0.1) is 4.92 Å². The number of nitrogens with zero attached hydrogens (tertiary/aromatic N) is 1. The zero-order valence-corrected chi connectivity index (χ0v) is 12.7. The first-order chi connectivity index (χ1) is 11.5. The summed E-state index contributed by atoms with van der Waals surface area (Å²) in [6.07, 6.45) is 1.80. The third-order valence-electron chi connectivity index (χ3n) is 3.66. The van der Waals surface area contributed by atoms with Crippen LogP contribution in [0.4, 0.5) is 17.1 Å². The van der Waals surface area contributed by atoms with Crippen LogP contribution in [0.5, 0.6) is 0 Å². The molecule has 0 atom stereocenters.